The predicted molar refractivity (Wildman–Crippen MR) is 94.1 cm³/mol. The molecule has 2 heterocycles. The van der Waals surface area contributed by atoms with Crippen LogP contribution in [0.2, 0.25) is 0 Å². The van der Waals surface area contributed by atoms with Crippen LogP contribution in [0.4, 0.5) is 8.78 Å². The summed E-state index contributed by atoms with van der Waals surface area (Å²) in [6, 6.07) is 13.5. The average Bonchev–Trinajstić information content (AvgIpc) is 3.08. The minimum absolute atomic E-state index is 0.209. The number of ether oxygens (including phenoxy) is 1. The molecule has 5 nitrogen and oxygen atoms in total. The molecule has 1 aliphatic heterocycles. The van der Waals surface area contributed by atoms with Crippen molar-refractivity contribution in [2.24, 2.45) is 0 Å². The highest BCUT2D eigenvalue weighted by atomic mass is 19.1. The van der Waals surface area contributed by atoms with Gasteiger partial charge < -0.3 is 9.64 Å². The van der Waals surface area contributed by atoms with E-state index in [9.17, 15) is 13.6 Å². The standard InChI is InChI=1S/C20H17F2N3O2/c21-15-4-1-3-14(9-15)20(26)24-7-8-25-18(12-24)11-17(23-25)13-27-19-6-2-5-16(22)10-19/h1-6,9-11H,7-8,12-13H2. The molecule has 27 heavy (non-hydrogen) atoms. The highest BCUT2D eigenvalue weighted by molar-refractivity contribution is 5.94. The van der Waals surface area contributed by atoms with Gasteiger partial charge in [-0.2, -0.15) is 5.10 Å². The third-order valence-corrected chi connectivity index (χ3v) is 4.39. The van der Waals surface area contributed by atoms with Gasteiger partial charge in [-0.05, 0) is 36.4 Å². The molecule has 0 N–H and O–H groups in total. The van der Waals surface area contributed by atoms with Gasteiger partial charge in [-0.15, -0.1) is 0 Å². The summed E-state index contributed by atoms with van der Waals surface area (Å²) in [4.78, 5) is 14.3. The quantitative estimate of drug-likeness (QED) is 0.708. The number of rotatable bonds is 4. The second-order valence-electron chi connectivity index (χ2n) is 6.33. The molecule has 138 valence electrons. The van der Waals surface area contributed by atoms with Crippen molar-refractivity contribution >= 4 is 5.91 Å². The number of hydrogen-bond acceptors (Lipinski definition) is 3. The number of benzene rings is 2. The molecular weight excluding hydrogens is 352 g/mol. The van der Waals surface area contributed by atoms with Crippen LogP contribution >= 0.6 is 0 Å². The zero-order chi connectivity index (χ0) is 18.8. The summed E-state index contributed by atoms with van der Waals surface area (Å²) in [7, 11) is 0. The highest BCUT2D eigenvalue weighted by Gasteiger charge is 2.23. The van der Waals surface area contributed by atoms with Crippen LogP contribution in [0.5, 0.6) is 5.75 Å². The third kappa shape index (κ3) is 3.81. The Hall–Kier alpha value is -3.22. The number of halogens is 2. The van der Waals surface area contributed by atoms with Crippen molar-refractivity contribution in [3.05, 3.63) is 83.2 Å². The van der Waals surface area contributed by atoms with Crippen LogP contribution in [-0.2, 0) is 19.7 Å². The molecule has 0 unspecified atom stereocenters. The van der Waals surface area contributed by atoms with Crippen LogP contribution in [0.1, 0.15) is 21.7 Å². The summed E-state index contributed by atoms with van der Waals surface area (Å²) in [5.41, 5.74) is 1.91. The maximum Gasteiger partial charge on any atom is 0.254 e. The van der Waals surface area contributed by atoms with Crippen molar-refractivity contribution in [1.29, 1.82) is 0 Å². The van der Waals surface area contributed by atoms with E-state index in [1.807, 2.05) is 10.7 Å². The van der Waals surface area contributed by atoms with Crippen molar-refractivity contribution in [3.8, 4) is 5.75 Å². The summed E-state index contributed by atoms with van der Waals surface area (Å²) in [6.07, 6.45) is 0. The van der Waals surface area contributed by atoms with Gasteiger partial charge in [0.05, 0.1) is 18.8 Å². The Balaban J connectivity index is 1.43. The minimum Gasteiger partial charge on any atom is -0.487 e. The number of nitrogens with zero attached hydrogens (tertiary/aromatic N) is 3. The minimum atomic E-state index is -0.431. The molecule has 0 bridgehead atoms. The monoisotopic (exact) mass is 369 g/mol. The van der Waals surface area contributed by atoms with Gasteiger partial charge in [-0.3, -0.25) is 9.48 Å². The Morgan fingerprint density at radius 1 is 1.04 bits per heavy atom. The van der Waals surface area contributed by atoms with E-state index in [0.29, 0.717) is 36.6 Å². The third-order valence-electron chi connectivity index (χ3n) is 4.39. The first kappa shape index (κ1) is 17.2. The zero-order valence-electron chi connectivity index (χ0n) is 14.4. The zero-order valence-corrected chi connectivity index (χ0v) is 14.4. The molecular formula is C20H17F2N3O2. The lowest BCUT2D eigenvalue weighted by molar-refractivity contribution is 0.0705. The molecule has 1 aromatic heterocycles. The largest absolute Gasteiger partial charge is 0.487 e. The Labute approximate surface area is 154 Å². The van der Waals surface area contributed by atoms with Gasteiger partial charge in [0.2, 0.25) is 0 Å². The van der Waals surface area contributed by atoms with Crippen molar-refractivity contribution in [2.45, 2.75) is 19.7 Å². The number of amides is 1. The smallest absolute Gasteiger partial charge is 0.254 e. The number of aromatic nitrogens is 2. The second kappa shape index (κ2) is 7.19. The summed E-state index contributed by atoms with van der Waals surface area (Å²) in [5.74, 6) is -0.564. The van der Waals surface area contributed by atoms with Gasteiger partial charge in [-0.25, -0.2) is 8.78 Å². The summed E-state index contributed by atoms with van der Waals surface area (Å²) < 4.78 is 34.0. The van der Waals surface area contributed by atoms with Crippen molar-refractivity contribution in [1.82, 2.24) is 14.7 Å². The summed E-state index contributed by atoms with van der Waals surface area (Å²) in [6.45, 7) is 1.65. The van der Waals surface area contributed by atoms with Crippen LogP contribution in [0.3, 0.4) is 0 Å². The van der Waals surface area contributed by atoms with E-state index in [1.165, 1.54) is 30.3 Å². The van der Waals surface area contributed by atoms with Crippen molar-refractivity contribution < 1.29 is 18.3 Å². The van der Waals surface area contributed by atoms with Gasteiger partial charge in [0.25, 0.3) is 5.91 Å². The molecule has 7 heteroatoms. The molecule has 2 aromatic carbocycles. The van der Waals surface area contributed by atoms with Crippen molar-refractivity contribution in [3.63, 3.8) is 0 Å². The average molecular weight is 369 g/mol. The fourth-order valence-corrected chi connectivity index (χ4v) is 3.09. The van der Waals surface area contributed by atoms with E-state index in [1.54, 1.807) is 23.1 Å². The molecule has 1 amide bonds. The molecule has 0 fully saturated rings. The van der Waals surface area contributed by atoms with Gasteiger partial charge in [0.15, 0.2) is 0 Å². The maximum atomic E-state index is 13.4. The van der Waals surface area contributed by atoms with E-state index < -0.39 is 5.82 Å². The number of hydrogen-bond donors (Lipinski definition) is 0. The predicted octanol–water partition coefficient (Wildman–Crippen LogP) is 3.40. The maximum absolute atomic E-state index is 13.4. The molecule has 0 saturated carbocycles. The van der Waals surface area contributed by atoms with Crippen LogP contribution < -0.4 is 4.74 Å². The Kier molecular flexibility index (Phi) is 4.58. The number of carbonyl (C=O) groups is 1. The fourth-order valence-electron chi connectivity index (χ4n) is 3.09. The lowest BCUT2D eigenvalue weighted by Crippen LogP contribution is -2.38. The van der Waals surface area contributed by atoms with Gasteiger partial charge in [0.1, 0.15) is 29.7 Å². The second-order valence-corrected chi connectivity index (χ2v) is 6.33. The molecule has 4 rings (SSSR count). The van der Waals surface area contributed by atoms with E-state index in [4.69, 9.17) is 4.74 Å². The van der Waals surface area contributed by atoms with Gasteiger partial charge in [-0.1, -0.05) is 12.1 Å². The normalized spacial score (nSPS) is 13.3. The lowest BCUT2D eigenvalue weighted by Gasteiger charge is -2.27. The Morgan fingerprint density at radius 3 is 2.59 bits per heavy atom. The first-order valence-corrected chi connectivity index (χ1v) is 8.57. The SMILES string of the molecule is O=C(c1cccc(F)c1)N1CCn2nc(COc3cccc(F)c3)cc2C1. The van der Waals surface area contributed by atoms with Crippen LogP contribution in [0.25, 0.3) is 0 Å². The number of fused-ring (bicyclic) bond motifs is 1. The Morgan fingerprint density at radius 2 is 1.81 bits per heavy atom. The van der Waals surface area contributed by atoms with Gasteiger partial charge in [0, 0.05) is 18.2 Å². The van der Waals surface area contributed by atoms with Crippen LogP contribution in [0.15, 0.2) is 54.6 Å². The molecule has 0 saturated heterocycles. The van der Waals surface area contributed by atoms with E-state index in [2.05, 4.69) is 5.10 Å². The molecule has 0 radical (unpaired) electrons. The number of carbonyl (C=O) groups excluding carboxylic acids is 1. The molecule has 0 aliphatic carbocycles. The van der Waals surface area contributed by atoms with E-state index >= 15 is 0 Å². The fraction of sp³-hybridized carbons (Fsp3) is 0.200. The van der Waals surface area contributed by atoms with E-state index in [-0.39, 0.29) is 18.3 Å². The van der Waals surface area contributed by atoms with Crippen LogP contribution in [0, 0.1) is 11.6 Å². The molecule has 0 spiro atoms. The van der Waals surface area contributed by atoms with E-state index in [0.717, 1.165) is 5.69 Å². The highest BCUT2D eigenvalue weighted by Crippen LogP contribution is 2.19. The first-order valence-electron chi connectivity index (χ1n) is 8.57. The first-order chi connectivity index (χ1) is 13.1. The van der Waals surface area contributed by atoms with Gasteiger partial charge >= 0.3 is 0 Å². The van der Waals surface area contributed by atoms with Crippen molar-refractivity contribution in [2.75, 3.05) is 6.54 Å². The Bertz CT molecular complexity index is 987. The summed E-state index contributed by atoms with van der Waals surface area (Å²) >= 11 is 0. The van der Waals surface area contributed by atoms with Crippen LogP contribution in [-0.4, -0.2) is 27.1 Å². The molecule has 1 aliphatic rings. The summed E-state index contributed by atoms with van der Waals surface area (Å²) in [5, 5.41) is 4.47. The molecule has 0 atom stereocenters. The molecule has 3 aromatic rings. The lowest BCUT2D eigenvalue weighted by atomic mass is 10.1. The topological polar surface area (TPSA) is 47.4 Å².